The van der Waals surface area contributed by atoms with E-state index in [1.54, 1.807) is 55.9 Å². The van der Waals surface area contributed by atoms with E-state index in [1.165, 1.54) is 0 Å². The number of pyridine rings is 1. The highest BCUT2D eigenvalue weighted by Crippen LogP contribution is 2.15. The van der Waals surface area contributed by atoms with Gasteiger partial charge in [0, 0.05) is 18.1 Å². The van der Waals surface area contributed by atoms with Crippen molar-refractivity contribution in [3.05, 3.63) is 54.4 Å². The fourth-order valence-electron chi connectivity index (χ4n) is 2.03. The van der Waals surface area contributed by atoms with E-state index in [9.17, 15) is 14.7 Å². The van der Waals surface area contributed by atoms with Gasteiger partial charge in [0.05, 0.1) is 20.1 Å². The predicted octanol–water partition coefficient (Wildman–Crippen LogP) is 0.748. The average Bonchev–Trinajstić information content (AvgIpc) is 2.61. The number of aromatic nitrogens is 1. The Hall–Kier alpha value is -2.93. The first-order chi connectivity index (χ1) is 11.6. The molecule has 1 aromatic carbocycles. The maximum atomic E-state index is 12.2. The van der Waals surface area contributed by atoms with Gasteiger partial charge in [-0.1, -0.05) is 0 Å². The number of nitrogens with zero attached hydrogens (tertiary/aromatic N) is 1. The molecule has 7 heteroatoms. The van der Waals surface area contributed by atoms with Crippen molar-refractivity contribution >= 4 is 17.5 Å². The van der Waals surface area contributed by atoms with Crippen LogP contribution in [0.25, 0.3) is 0 Å². The monoisotopic (exact) mass is 329 g/mol. The number of ether oxygens (including phenoxy) is 1. The van der Waals surface area contributed by atoms with Crippen molar-refractivity contribution in [3.8, 4) is 5.75 Å². The predicted molar refractivity (Wildman–Crippen MR) is 88.6 cm³/mol. The molecule has 126 valence electrons. The van der Waals surface area contributed by atoms with E-state index in [4.69, 9.17) is 4.74 Å². The maximum absolute atomic E-state index is 12.2. The minimum absolute atomic E-state index is 0.106. The van der Waals surface area contributed by atoms with Crippen LogP contribution in [-0.2, 0) is 16.0 Å². The molecule has 2 rings (SSSR count). The molecule has 0 bridgehead atoms. The van der Waals surface area contributed by atoms with Crippen molar-refractivity contribution in [2.75, 3.05) is 19.0 Å². The van der Waals surface area contributed by atoms with Crippen molar-refractivity contribution in [1.82, 2.24) is 10.3 Å². The Morgan fingerprint density at radius 3 is 2.42 bits per heavy atom. The van der Waals surface area contributed by atoms with Gasteiger partial charge in [0.15, 0.2) is 0 Å². The van der Waals surface area contributed by atoms with Crippen molar-refractivity contribution in [1.29, 1.82) is 0 Å². The summed E-state index contributed by atoms with van der Waals surface area (Å²) in [6.45, 7) is -0.496. The molecule has 1 unspecified atom stereocenters. The molecule has 7 nitrogen and oxygen atoms in total. The summed E-state index contributed by atoms with van der Waals surface area (Å²) in [5.74, 6) is -0.187. The highest BCUT2D eigenvalue weighted by atomic mass is 16.5. The Morgan fingerprint density at radius 2 is 1.83 bits per heavy atom. The molecule has 3 N–H and O–H groups in total. The van der Waals surface area contributed by atoms with Gasteiger partial charge >= 0.3 is 0 Å². The van der Waals surface area contributed by atoms with Gasteiger partial charge in [-0.05, 0) is 42.0 Å². The zero-order chi connectivity index (χ0) is 17.4. The molecular weight excluding hydrogens is 310 g/mol. The van der Waals surface area contributed by atoms with E-state index < -0.39 is 18.6 Å². The summed E-state index contributed by atoms with van der Waals surface area (Å²) in [6.07, 6.45) is 3.28. The van der Waals surface area contributed by atoms with Crippen LogP contribution >= 0.6 is 0 Å². The van der Waals surface area contributed by atoms with Crippen LogP contribution in [0.5, 0.6) is 5.75 Å². The lowest BCUT2D eigenvalue weighted by atomic mass is 10.2. The van der Waals surface area contributed by atoms with Crippen molar-refractivity contribution in [3.63, 3.8) is 0 Å². The van der Waals surface area contributed by atoms with Crippen molar-refractivity contribution in [2.24, 2.45) is 0 Å². The minimum atomic E-state index is -1.03. The average molecular weight is 329 g/mol. The third-order valence-corrected chi connectivity index (χ3v) is 3.31. The SMILES string of the molecule is COc1ccc(NC(=O)C(CO)NC(=O)Cc2ccncc2)cc1. The number of hydrogen-bond donors (Lipinski definition) is 3. The number of aliphatic hydroxyl groups is 1. The van der Waals surface area contributed by atoms with Gasteiger partial charge in [-0.2, -0.15) is 0 Å². The number of rotatable bonds is 7. The largest absolute Gasteiger partial charge is 0.497 e. The normalized spacial score (nSPS) is 11.4. The molecule has 0 fully saturated rings. The van der Waals surface area contributed by atoms with Crippen molar-refractivity contribution < 1.29 is 19.4 Å². The Balaban J connectivity index is 1.91. The smallest absolute Gasteiger partial charge is 0.249 e. The summed E-state index contributed by atoms with van der Waals surface area (Å²) in [6, 6.07) is 9.14. The number of amides is 2. The van der Waals surface area contributed by atoms with Gasteiger partial charge in [-0.25, -0.2) is 0 Å². The second-order valence-corrected chi connectivity index (χ2v) is 5.05. The number of aliphatic hydroxyl groups excluding tert-OH is 1. The van der Waals surface area contributed by atoms with Crippen LogP contribution in [0.2, 0.25) is 0 Å². The Labute approximate surface area is 139 Å². The highest BCUT2D eigenvalue weighted by molar-refractivity contribution is 5.97. The third-order valence-electron chi connectivity index (χ3n) is 3.31. The molecule has 0 spiro atoms. The van der Waals surface area contributed by atoms with Crippen LogP contribution in [0.15, 0.2) is 48.8 Å². The summed E-state index contributed by atoms with van der Waals surface area (Å²) >= 11 is 0. The van der Waals surface area contributed by atoms with Gasteiger partial charge in [-0.15, -0.1) is 0 Å². The molecule has 0 radical (unpaired) electrons. The number of nitrogens with one attached hydrogen (secondary N) is 2. The summed E-state index contributed by atoms with van der Waals surface area (Å²) in [7, 11) is 1.55. The number of methoxy groups -OCH3 is 1. The second-order valence-electron chi connectivity index (χ2n) is 5.05. The lowest BCUT2D eigenvalue weighted by molar-refractivity contribution is -0.126. The standard InChI is InChI=1S/C17H19N3O4/c1-24-14-4-2-13(3-5-14)19-17(23)15(11-21)20-16(22)10-12-6-8-18-9-7-12/h2-9,15,21H,10-11H2,1H3,(H,19,23)(H,20,22). The summed E-state index contributed by atoms with van der Waals surface area (Å²) in [5.41, 5.74) is 1.32. The Bertz CT molecular complexity index is 674. The van der Waals surface area contributed by atoms with Crippen LogP contribution < -0.4 is 15.4 Å². The summed E-state index contributed by atoms with van der Waals surface area (Å²) < 4.78 is 5.04. The first-order valence-electron chi connectivity index (χ1n) is 7.36. The van der Waals surface area contributed by atoms with E-state index >= 15 is 0 Å². The van der Waals surface area contributed by atoms with Crippen LogP contribution in [0.1, 0.15) is 5.56 Å². The highest BCUT2D eigenvalue weighted by Gasteiger charge is 2.20. The molecule has 0 saturated carbocycles. The van der Waals surface area contributed by atoms with Crippen LogP contribution in [0.4, 0.5) is 5.69 Å². The molecule has 0 aliphatic rings. The number of carbonyl (C=O) groups is 2. The Morgan fingerprint density at radius 1 is 1.17 bits per heavy atom. The van der Waals surface area contributed by atoms with Crippen LogP contribution in [0.3, 0.4) is 0 Å². The maximum Gasteiger partial charge on any atom is 0.249 e. The lowest BCUT2D eigenvalue weighted by Gasteiger charge is -2.16. The quantitative estimate of drug-likeness (QED) is 0.696. The van der Waals surface area contributed by atoms with Crippen LogP contribution in [-0.4, -0.2) is 41.7 Å². The molecular formula is C17H19N3O4. The first kappa shape index (κ1) is 17.4. The number of benzene rings is 1. The molecule has 1 heterocycles. The second kappa shape index (κ2) is 8.64. The topological polar surface area (TPSA) is 101 Å². The number of carbonyl (C=O) groups excluding carboxylic acids is 2. The molecule has 2 aromatic rings. The number of anilines is 1. The minimum Gasteiger partial charge on any atom is -0.497 e. The van der Waals surface area contributed by atoms with Gasteiger partial charge in [0.25, 0.3) is 0 Å². The zero-order valence-electron chi connectivity index (χ0n) is 13.2. The van der Waals surface area contributed by atoms with Gasteiger partial charge in [0.1, 0.15) is 11.8 Å². The fraction of sp³-hybridized carbons (Fsp3) is 0.235. The van der Waals surface area contributed by atoms with E-state index in [2.05, 4.69) is 15.6 Å². The lowest BCUT2D eigenvalue weighted by Crippen LogP contribution is -2.46. The molecule has 0 aliphatic heterocycles. The van der Waals surface area contributed by atoms with Gasteiger partial charge in [0.2, 0.25) is 11.8 Å². The van der Waals surface area contributed by atoms with E-state index in [1.807, 2.05) is 0 Å². The third kappa shape index (κ3) is 5.06. The Kier molecular flexibility index (Phi) is 6.27. The molecule has 24 heavy (non-hydrogen) atoms. The van der Waals surface area contributed by atoms with E-state index in [0.717, 1.165) is 5.56 Å². The van der Waals surface area contributed by atoms with Crippen LogP contribution in [0, 0.1) is 0 Å². The van der Waals surface area contributed by atoms with Crippen molar-refractivity contribution in [2.45, 2.75) is 12.5 Å². The van der Waals surface area contributed by atoms with E-state index in [0.29, 0.717) is 11.4 Å². The molecule has 0 aliphatic carbocycles. The summed E-state index contributed by atoms with van der Waals surface area (Å²) in [4.78, 5) is 28.0. The molecule has 1 atom stereocenters. The van der Waals surface area contributed by atoms with Gasteiger partial charge < -0.3 is 20.5 Å². The molecule has 1 aromatic heterocycles. The molecule has 2 amide bonds. The summed E-state index contributed by atoms with van der Waals surface area (Å²) in [5, 5.41) is 14.5. The zero-order valence-corrected chi connectivity index (χ0v) is 13.2. The van der Waals surface area contributed by atoms with Gasteiger partial charge in [-0.3, -0.25) is 14.6 Å². The fourth-order valence-corrected chi connectivity index (χ4v) is 2.03. The number of hydrogen-bond acceptors (Lipinski definition) is 5. The first-order valence-corrected chi connectivity index (χ1v) is 7.36. The molecule has 0 saturated heterocycles. The van der Waals surface area contributed by atoms with E-state index in [-0.39, 0.29) is 12.3 Å².